The summed E-state index contributed by atoms with van der Waals surface area (Å²) in [6.07, 6.45) is 8.31. The second-order valence-electron chi connectivity index (χ2n) is 6.86. The Kier molecular flexibility index (Phi) is 4.04. The van der Waals surface area contributed by atoms with Crippen LogP contribution in [0.1, 0.15) is 18.7 Å². The molecule has 4 aromatic rings. The molecule has 1 aliphatic heterocycles. The fourth-order valence-corrected chi connectivity index (χ4v) is 3.59. The first-order chi connectivity index (χ1) is 13.3. The Bertz CT molecular complexity index is 1000. The predicted octanol–water partition coefficient (Wildman–Crippen LogP) is 3.73. The van der Waals surface area contributed by atoms with Crippen LogP contribution in [0.25, 0.3) is 22.6 Å². The Labute approximate surface area is 156 Å². The van der Waals surface area contributed by atoms with Gasteiger partial charge in [0.15, 0.2) is 11.6 Å². The number of anilines is 1. The van der Waals surface area contributed by atoms with Gasteiger partial charge in [0.2, 0.25) is 0 Å². The second-order valence-corrected chi connectivity index (χ2v) is 6.86. The number of aromatic nitrogens is 4. The zero-order valence-corrected chi connectivity index (χ0v) is 14.8. The number of nitrogens with zero attached hydrogens (tertiary/aromatic N) is 5. The summed E-state index contributed by atoms with van der Waals surface area (Å²) in [6.45, 7) is 2.01. The van der Waals surface area contributed by atoms with Crippen molar-refractivity contribution in [3.63, 3.8) is 0 Å². The molecule has 7 nitrogen and oxygen atoms in total. The summed E-state index contributed by atoms with van der Waals surface area (Å²) in [6, 6.07) is 9.75. The second kappa shape index (κ2) is 6.83. The monoisotopic (exact) mass is 361 g/mol. The lowest BCUT2D eigenvalue weighted by Gasteiger charge is -2.32. The SMILES string of the molecule is c1ccc(N2CCC(Cc3noc(-c4cc5cnccc5o4)n3)CC2)nc1. The van der Waals surface area contributed by atoms with Crippen LogP contribution in [0.5, 0.6) is 0 Å². The van der Waals surface area contributed by atoms with E-state index in [0.29, 0.717) is 17.6 Å². The molecular formula is C20H19N5O2. The van der Waals surface area contributed by atoms with Crippen LogP contribution >= 0.6 is 0 Å². The zero-order valence-electron chi connectivity index (χ0n) is 14.8. The van der Waals surface area contributed by atoms with Crippen molar-refractivity contribution in [3.05, 3.63) is 54.7 Å². The molecule has 0 atom stereocenters. The maximum atomic E-state index is 5.77. The third-order valence-electron chi connectivity index (χ3n) is 5.05. The van der Waals surface area contributed by atoms with E-state index in [9.17, 15) is 0 Å². The van der Waals surface area contributed by atoms with Gasteiger partial charge in [-0.25, -0.2) is 4.98 Å². The molecule has 0 aliphatic carbocycles. The van der Waals surface area contributed by atoms with Crippen molar-refractivity contribution in [2.45, 2.75) is 19.3 Å². The van der Waals surface area contributed by atoms with E-state index in [4.69, 9.17) is 8.94 Å². The summed E-state index contributed by atoms with van der Waals surface area (Å²) in [5.74, 6) is 3.35. The van der Waals surface area contributed by atoms with Crippen LogP contribution in [-0.4, -0.2) is 33.2 Å². The minimum atomic E-state index is 0.423. The van der Waals surface area contributed by atoms with Crippen molar-refractivity contribution in [1.82, 2.24) is 20.1 Å². The Balaban J connectivity index is 1.24. The largest absolute Gasteiger partial charge is 0.451 e. The third-order valence-corrected chi connectivity index (χ3v) is 5.05. The van der Waals surface area contributed by atoms with Crippen LogP contribution < -0.4 is 4.90 Å². The van der Waals surface area contributed by atoms with Crippen molar-refractivity contribution >= 4 is 16.8 Å². The molecular weight excluding hydrogens is 342 g/mol. The first-order valence-electron chi connectivity index (χ1n) is 9.18. The minimum Gasteiger partial charge on any atom is -0.451 e. The van der Waals surface area contributed by atoms with Gasteiger partial charge in [0.25, 0.3) is 5.89 Å². The molecule has 1 fully saturated rings. The Morgan fingerprint density at radius 2 is 2.04 bits per heavy atom. The third kappa shape index (κ3) is 3.28. The van der Waals surface area contributed by atoms with Gasteiger partial charge in [0.05, 0.1) is 0 Å². The number of rotatable bonds is 4. The highest BCUT2D eigenvalue weighted by Gasteiger charge is 2.23. The van der Waals surface area contributed by atoms with Gasteiger partial charge in [-0.15, -0.1) is 0 Å². The molecule has 0 saturated carbocycles. The molecule has 7 heteroatoms. The van der Waals surface area contributed by atoms with Crippen molar-refractivity contribution in [1.29, 1.82) is 0 Å². The highest BCUT2D eigenvalue weighted by molar-refractivity contribution is 5.80. The van der Waals surface area contributed by atoms with Crippen LogP contribution in [0.2, 0.25) is 0 Å². The number of hydrogen-bond acceptors (Lipinski definition) is 7. The van der Waals surface area contributed by atoms with E-state index < -0.39 is 0 Å². The summed E-state index contributed by atoms with van der Waals surface area (Å²) in [4.78, 5) is 15.4. The summed E-state index contributed by atoms with van der Waals surface area (Å²) in [5, 5.41) is 5.07. The van der Waals surface area contributed by atoms with Crippen LogP contribution in [0, 0.1) is 5.92 Å². The fourth-order valence-electron chi connectivity index (χ4n) is 3.59. The average Bonchev–Trinajstić information content (AvgIpc) is 3.36. The highest BCUT2D eigenvalue weighted by Crippen LogP contribution is 2.28. The van der Waals surface area contributed by atoms with Crippen molar-refractivity contribution < 1.29 is 8.94 Å². The van der Waals surface area contributed by atoms with Gasteiger partial charge in [-0.3, -0.25) is 4.98 Å². The molecule has 4 aromatic heterocycles. The first-order valence-corrected chi connectivity index (χ1v) is 9.18. The van der Waals surface area contributed by atoms with Gasteiger partial charge < -0.3 is 13.8 Å². The van der Waals surface area contributed by atoms with E-state index in [-0.39, 0.29) is 0 Å². The summed E-state index contributed by atoms with van der Waals surface area (Å²) >= 11 is 0. The minimum absolute atomic E-state index is 0.423. The predicted molar refractivity (Wildman–Crippen MR) is 100 cm³/mol. The molecule has 1 saturated heterocycles. The van der Waals surface area contributed by atoms with Gasteiger partial charge in [0, 0.05) is 43.5 Å². The maximum absolute atomic E-state index is 5.77. The molecule has 0 radical (unpaired) electrons. The van der Waals surface area contributed by atoms with Gasteiger partial charge >= 0.3 is 0 Å². The maximum Gasteiger partial charge on any atom is 0.293 e. The van der Waals surface area contributed by atoms with Crippen molar-refractivity contribution in [2.24, 2.45) is 5.92 Å². The van der Waals surface area contributed by atoms with E-state index in [0.717, 1.165) is 55.0 Å². The summed E-state index contributed by atoms with van der Waals surface area (Å²) < 4.78 is 11.2. The standard InChI is InChI=1S/C20H19N5O2/c1-2-7-22-19(3-1)25-9-5-14(6-10-25)11-18-23-20(27-24-18)17-12-15-13-21-8-4-16(15)26-17/h1-4,7-8,12-14H,5-6,9-11H2. The summed E-state index contributed by atoms with van der Waals surface area (Å²) in [5.41, 5.74) is 0.765. The molecule has 0 unspecified atom stereocenters. The van der Waals surface area contributed by atoms with Crippen LogP contribution in [-0.2, 0) is 6.42 Å². The molecule has 0 aromatic carbocycles. The smallest absolute Gasteiger partial charge is 0.293 e. The van der Waals surface area contributed by atoms with E-state index in [1.165, 1.54) is 0 Å². The quantitative estimate of drug-likeness (QED) is 0.548. The lowest BCUT2D eigenvalue weighted by Crippen LogP contribution is -2.34. The number of pyridine rings is 2. The molecule has 5 heterocycles. The van der Waals surface area contributed by atoms with E-state index in [2.05, 4.69) is 31.1 Å². The van der Waals surface area contributed by atoms with Gasteiger partial charge in [-0.1, -0.05) is 11.2 Å². The molecule has 0 amide bonds. The highest BCUT2D eigenvalue weighted by atomic mass is 16.5. The van der Waals surface area contributed by atoms with E-state index in [1.807, 2.05) is 30.5 Å². The van der Waals surface area contributed by atoms with E-state index in [1.54, 1.807) is 12.4 Å². The lowest BCUT2D eigenvalue weighted by molar-refractivity contribution is 0.375. The zero-order chi connectivity index (χ0) is 18.1. The number of piperidine rings is 1. The number of furan rings is 1. The van der Waals surface area contributed by atoms with Gasteiger partial charge in [-0.05, 0) is 43.0 Å². The normalized spacial score (nSPS) is 15.5. The molecule has 0 N–H and O–H groups in total. The molecule has 5 rings (SSSR count). The topological polar surface area (TPSA) is 81.1 Å². The van der Waals surface area contributed by atoms with E-state index >= 15 is 0 Å². The van der Waals surface area contributed by atoms with Crippen LogP contribution in [0.4, 0.5) is 5.82 Å². The van der Waals surface area contributed by atoms with Crippen LogP contribution in [0.15, 0.2) is 57.9 Å². The number of fused-ring (bicyclic) bond motifs is 1. The molecule has 27 heavy (non-hydrogen) atoms. The molecule has 0 bridgehead atoms. The first kappa shape index (κ1) is 16.0. The molecule has 136 valence electrons. The Hall–Kier alpha value is -3.22. The van der Waals surface area contributed by atoms with Crippen molar-refractivity contribution in [3.8, 4) is 11.7 Å². The fraction of sp³-hybridized carbons (Fsp3) is 0.300. The van der Waals surface area contributed by atoms with Crippen LogP contribution in [0.3, 0.4) is 0 Å². The molecule has 1 aliphatic rings. The van der Waals surface area contributed by atoms with Gasteiger partial charge in [0.1, 0.15) is 11.4 Å². The lowest BCUT2D eigenvalue weighted by atomic mass is 9.93. The Morgan fingerprint density at radius 1 is 1.11 bits per heavy atom. The Morgan fingerprint density at radius 3 is 2.85 bits per heavy atom. The number of hydrogen-bond donors (Lipinski definition) is 0. The van der Waals surface area contributed by atoms with Gasteiger partial charge in [-0.2, -0.15) is 4.98 Å². The summed E-state index contributed by atoms with van der Waals surface area (Å²) in [7, 11) is 0. The molecule has 0 spiro atoms. The van der Waals surface area contributed by atoms with Crippen molar-refractivity contribution in [2.75, 3.05) is 18.0 Å². The average molecular weight is 361 g/mol.